The van der Waals surface area contributed by atoms with Crippen molar-refractivity contribution < 1.29 is 13.2 Å². The van der Waals surface area contributed by atoms with E-state index in [2.05, 4.69) is 4.72 Å². The van der Waals surface area contributed by atoms with Gasteiger partial charge in [0.05, 0.1) is 23.4 Å². The molecule has 0 bridgehead atoms. The van der Waals surface area contributed by atoms with Crippen LogP contribution >= 0.6 is 0 Å². The zero-order valence-electron chi connectivity index (χ0n) is 12.3. The minimum atomic E-state index is -3.70. The molecule has 21 heavy (non-hydrogen) atoms. The van der Waals surface area contributed by atoms with Crippen LogP contribution in [0.4, 0.5) is 0 Å². The lowest BCUT2D eigenvalue weighted by Gasteiger charge is -2.20. The first-order chi connectivity index (χ1) is 9.80. The fraction of sp³-hybridized carbons (Fsp3) is 0.429. The van der Waals surface area contributed by atoms with Gasteiger partial charge in [-0.1, -0.05) is 18.2 Å². The molecule has 1 unspecified atom stereocenters. The highest BCUT2D eigenvalue weighted by atomic mass is 32.2. The predicted molar refractivity (Wildman–Crippen MR) is 79.7 cm³/mol. The van der Waals surface area contributed by atoms with Gasteiger partial charge in [0.2, 0.25) is 15.9 Å². The van der Waals surface area contributed by atoms with E-state index in [0.29, 0.717) is 17.7 Å². The highest BCUT2D eigenvalue weighted by Gasteiger charge is 2.23. The Kier molecular flexibility index (Phi) is 5.88. The Bertz CT molecular complexity index is 650. The standard InChI is InChI=1S/C14H19N3O3S/c1-4-17(3)14(18)11(2)16-21(19,20)10-13-8-6-5-7-12(13)9-15/h5-8,11,16H,4,10H2,1-3H3. The number of hydrogen-bond donors (Lipinski definition) is 1. The second kappa shape index (κ2) is 7.20. The minimum Gasteiger partial charge on any atom is -0.345 e. The van der Waals surface area contributed by atoms with Crippen LogP contribution in [0, 0.1) is 11.3 Å². The molecule has 0 saturated heterocycles. The van der Waals surface area contributed by atoms with Gasteiger partial charge in [0.15, 0.2) is 0 Å². The van der Waals surface area contributed by atoms with Gasteiger partial charge in [-0.2, -0.15) is 5.26 Å². The lowest BCUT2D eigenvalue weighted by atomic mass is 10.1. The molecule has 1 rings (SSSR count). The molecule has 0 heterocycles. The fourth-order valence-electron chi connectivity index (χ4n) is 1.81. The molecule has 1 atom stereocenters. The Morgan fingerprint density at radius 1 is 1.43 bits per heavy atom. The minimum absolute atomic E-state index is 0.297. The van der Waals surface area contributed by atoms with Gasteiger partial charge in [0, 0.05) is 13.6 Å². The lowest BCUT2D eigenvalue weighted by Crippen LogP contribution is -2.45. The van der Waals surface area contributed by atoms with Gasteiger partial charge in [0.1, 0.15) is 0 Å². The summed E-state index contributed by atoms with van der Waals surface area (Å²) < 4.78 is 26.5. The molecule has 1 amide bonds. The lowest BCUT2D eigenvalue weighted by molar-refractivity contribution is -0.131. The van der Waals surface area contributed by atoms with E-state index in [9.17, 15) is 13.2 Å². The van der Waals surface area contributed by atoms with Crippen LogP contribution in [0.3, 0.4) is 0 Å². The normalized spacial score (nSPS) is 12.5. The van der Waals surface area contributed by atoms with E-state index in [-0.39, 0.29) is 11.7 Å². The molecule has 1 aromatic carbocycles. The number of carbonyl (C=O) groups excluding carboxylic acids is 1. The van der Waals surface area contributed by atoms with Crippen LogP contribution in [0.1, 0.15) is 25.0 Å². The maximum atomic E-state index is 12.1. The van der Waals surface area contributed by atoms with E-state index in [4.69, 9.17) is 5.26 Å². The Labute approximate surface area is 125 Å². The van der Waals surface area contributed by atoms with Crippen LogP contribution in [-0.4, -0.2) is 38.9 Å². The first kappa shape index (κ1) is 17.1. The molecule has 0 spiro atoms. The summed E-state index contributed by atoms with van der Waals surface area (Å²) in [6.45, 7) is 3.81. The summed E-state index contributed by atoms with van der Waals surface area (Å²) in [5, 5.41) is 8.96. The molecule has 1 N–H and O–H groups in total. The molecule has 114 valence electrons. The van der Waals surface area contributed by atoms with Crippen LogP contribution in [0.25, 0.3) is 0 Å². The smallest absolute Gasteiger partial charge is 0.240 e. The summed E-state index contributed by atoms with van der Waals surface area (Å²) in [6, 6.07) is 7.60. The Morgan fingerprint density at radius 2 is 2.05 bits per heavy atom. The number of nitriles is 1. The maximum absolute atomic E-state index is 12.1. The summed E-state index contributed by atoms with van der Waals surface area (Å²) in [7, 11) is -2.09. The van der Waals surface area contributed by atoms with E-state index >= 15 is 0 Å². The summed E-state index contributed by atoms with van der Waals surface area (Å²) in [5.74, 6) is -0.626. The third-order valence-corrected chi connectivity index (χ3v) is 4.46. The molecule has 0 aliphatic rings. The van der Waals surface area contributed by atoms with E-state index in [1.54, 1.807) is 31.3 Å². The third kappa shape index (κ3) is 4.85. The molecule has 0 aliphatic heterocycles. The second-order valence-corrected chi connectivity index (χ2v) is 6.47. The predicted octanol–water partition coefficient (Wildman–Crippen LogP) is 0.844. The number of amides is 1. The van der Waals surface area contributed by atoms with Crippen LogP contribution in [0.15, 0.2) is 24.3 Å². The average molecular weight is 309 g/mol. The number of nitrogens with zero attached hydrogens (tertiary/aromatic N) is 2. The SMILES string of the molecule is CCN(C)C(=O)C(C)NS(=O)(=O)Cc1ccccc1C#N. The topological polar surface area (TPSA) is 90.3 Å². The maximum Gasteiger partial charge on any atom is 0.240 e. The summed E-state index contributed by atoms with van der Waals surface area (Å²) in [6.07, 6.45) is 0. The largest absolute Gasteiger partial charge is 0.345 e. The molecule has 0 aliphatic carbocycles. The van der Waals surface area contributed by atoms with E-state index in [1.165, 1.54) is 11.8 Å². The number of likely N-dealkylation sites (N-methyl/N-ethyl adjacent to an activating group) is 1. The third-order valence-electron chi connectivity index (χ3n) is 3.06. The van der Waals surface area contributed by atoms with Crippen LogP contribution < -0.4 is 4.72 Å². The van der Waals surface area contributed by atoms with E-state index < -0.39 is 16.1 Å². The molecule has 6 nitrogen and oxygen atoms in total. The quantitative estimate of drug-likeness (QED) is 0.843. The van der Waals surface area contributed by atoms with Crippen molar-refractivity contribution in [2.45, 2.75) is 25.6 Å². The van der Waals surface area contributed by atoms with Gasteiger partial charge >= 0.3 is 0 Å². The van der Waals surface area contributed by atoms with E-state index in [0.717, 1.165) is 0 Å². The van der Waals surface area contributed by atoms with Crippen molar-refractivity contribution >= 4 is 15.9 Å². The van der Waals surface area contributed by atoms with Crippen molar-refractivity contribution in [3.05, 3.63) is 35.4 Å². The van der Waals surface area contributed by atoms with Crippen LogP contribution in [-0.2, 0) is 20.6 Å². The van der Waals surface area contributed by atoms with Crippen molar-refractivity contribution in [3.8, 4) is 6.07 Å². The van der Waals surface area contributed by atoms with Gasteiger partial charge in [-0.25, -0.2) is 13.1 Å². The molecule has 0 radical (unpaired) electrons. The second-order valence-electron chi connectivity index (χ2n) is 4.72. The molecule has 0 aromatic heterocycles. The average Bonchev–Trinajstić information content (AvgIpc) is 2.45. The van der Waals surface area contributed by atoms with Crippen molar-refractivity contribution in [1.29, 1.82) is 5.26 Å². The van der Waals surface area contributed by atoms with Crippen LogP contribution in [0.5, 0.6) is 0 Å². The fourth-order valence-corrected chi connectivity index (χ4v) is 3.19. The number of benzene rings is 1. The Balaban J connectivity index is 2.84. The number of carbonyl (C=O) groups is 1. The highest BCUT2D eigenvalue weighted by Crippen LogP contribution is 2.11. The first-order valence-electron chi connectivity index (χ1n) is 6.53. The van der Waals surface area contributed by atoms with Crippen molar-refractivity contribution in [1.82, 2.24) is 9.62 Å². The zero-order valence-corrected chi connectivity index (χ0v) is 13.1. The number of sulfonamides is 1. The summed E-state index contributed by atoms with van der Waals surface area (Å²) in [4.78, 5) is 13.3. The van der Waals surface area contributed by atoms with Gasteiger partial charge in [-0.15, -0.1) is 0 Å². The van der Waals surface area contributed by atoms with Crippen molar-refractivity contribution in [3.63, 3.8) is 0 Å². The van der Waals surface area contributed by atoms with Gasteiger partial charge in [0.25, 0.3) is 0 Å². The van der Waals surface area contributed by atoms with E-state index in [1.807, 2.05) is 13.0 Å². The van der Waals surface area contributed by atoms with Gasteiger partial charge in [-0.3, -0.25) is 4.79 Å². The van der Waals surface area contributed by atoms with Crippen molar-refractivity contribution in [2.75, 3.05) is 13.6 Å². The molecule has 0 fully saturated rings. The molecular weight excluding hydrogens is 290 g/mol. The molecule has 0 saturated carbocycles. The van der Waals surface area contributed by atoms with Gasteiger partial charge in [-0.05, 0) is 25.5 Å². The first-order valence-corrected chi connectivity index (χ1v) is 8.19. The number of hydrogen-bond acceptors (Lipinski definition) is 4. The summed E-state index contributed by atoms with van der Waals surface area (Å²) >= 11 is 0. The zero-order chi connectivity index (χ0) is 16.0. The number of nitrogens with one attached hydrogen (secondary N) is 1. The Hall–Kier alpha value is -1.91. The molecular formula is C14H19N3O3S. The molecule has 7 heteroatoms. The molecule has 1 aromatic rings. The van der Waals surface area contributed by atoms with Crippen LogP contribution in [0.2, 0.25) is 0 Å². The number of rotatable bonds is 6. The van der Waals surface area contributed by atoms with Crippen molar-refractivity contribution in [2.24, 2.45) is 0 Å². The summed E-state index contributed by atoms with van der Waals surface area (Å²) in [5.41, 5.74) is 0.725. The highest BCUT2D eigenvalue weighted by molar-refractivity contribution is 7.88. The monoisotopic (exact) mass is 309 g/mol. The Morgan fingerprint density at radius 3 is 2.62 bits per heavy atom. The van der Waals surface area contributed by atoms with Gasteiger partial charge < -0.3 is 4.90 Å².